The molecular formula is C10H11BrClFOS. The van der Waals surface area contributed by atoms with Crippen LogP contribution in [0.1, 0.15) is 18.1 Å². The van der Waals surface area contributed by atoms with Crippen molar-refractivity contribution >= 4 is 39.3 Å². The number of halogens is 3. The number of benzene rings is 1. The number of hydrogen-bond donors (Lipinski definition) is 1. The highest BCUT2D eigenvalue weighted by atomic mass is 79.9. The molecule has 1 N–H and O–H groups in total. The van der Waals surface area contributed by atoms with Crippen LogP contribution in [0, 0.1) is 5.82 Å². The molecule has 0 amide bonds. The van der Waals surface area contributed by atoms with Crippen LogP contribution in [0.5, 0.6) is 0 Å². The van der Waals surface area contributed by atoms with Crippen LogP contribution in [-0.2, 0) is 0 Å². The predicted molar refractivity (Wildman–Crippen MR) is 67.1 cm³/mol. The zero-order chi connectivity index (χ0) is 11.4. The summed E-state index contributed by atoms with van der Waals surface area (Å²) in [5.41, 5.74) is 0.261. The van der Waals surface area contributed by atoms with Crippen molar-refractivity contribution in [2.75, 3.05) is 12.0 Å². The molecule has 1 rings (SSSR count). The average molecular weight is 314 g/mol. The second-order valence-electron chi connectivity index (χ2n) is 3.06. The molecule has 1 aromatic carbocycles. The highest BCUT2D eigenvalue weighted by Crippen LogP contribution is 2.31. The first-order valence-electron chi connectivity index (χ1n) is 4.38. The maximum atomic E-state index is 13.6. The third-order valence-corrected chi connectivity index (χ3v) is 3.92. The minimum atomic E-state index is -0.789. The molecule has 5 heteroatoms. The van der Waals surface area contributed by atoms with E-state index in [1.807, 2.05) is 6.26 Å². The smallest absolute Gasteiger partial charge is 0.148 e. The van der Waals surface area contributed by atoms with E-state index in [1.54, 1.807) is 23.9 Å². The zero-order valence-corrected chi connectivity index (χ0v) is 11.3. The van der Waals surface area contributed by atoms with Crippen molar-refractivity contribution in [2.45, 2.75) is 12.5 Å². The molecule has 0 saturated heterocycles. The first-order chi connectivity index (χ1) is 7.07. The molecule has 1 atom stereocenters. The Morgan fingerprint density at radius 3 is 2.87 bits per heavy atom. The second-order valence-corrected chi connectivity index (χ2v) is 5.28. The number of aliphatic hydroxyl groups is 1. The van der Waals surface area contributed by atoms with E-state index in [0.29, 0.717) is 10.9 Å². The number of aliphatic hydroxyl groups excluding tert-OH is 1. The first-order valence-corrected chi connectivity index (χ1v) is 6.94. The average Bonchev–Trinajstić information content (AvgIpc) is 2.23. The molecular weight excluding hydrogens is 303 g/mol. The van der Waals surface area contributed by atoms with Gasteiger partial charge < -0.3 is 5.11 Å². The fourth-order valence-electron chi connectivity index (χ4n) is 1.18. The molecule has 0 radical (unpaired) electrons. The molecule has 1 nitrogen and oxygen atoms in total. The lowest BCUT2D eigenvalue weighted by Gasteiger charge is -2.12. The van der Waals surface area contributed by atoms with Gasteiger partial charge in [-0.15, -0.1) is 0 Å². The molecule has 0 saturated carbocycles. The summed E-state index contributed by atoms with van der Waals surface area (Å²) >= 11 is 10.5. The van der Waals surface area contributed by atoms with E-state index in [4.69, 9.17) is 11.6 Å². The molecule has 0 aromatic heterocycles. The maximum absolute atomic E-state index is 13.6. The lowest BCUT2D eigenvalue weighted by Crippen LogP contribution is -2.02. The highest BCUT2D eigenvalue weighted by Gasteiger charge is 2.16. The van der Waals surface area contributed by atoms with Crippen molar-refractivity contribution in [3.63, 3.8) is 0 Å². The second kappa shape index (κ2) is 6.09. The van der Waals surface area contributed by atoms with Crippen molar-refractivity contribution in [2.24, 2.45) is 0 Å². The summed E-state index contributed by atoms with van der Waals surface area (Å²) in [5, 5.41) is 9.74. The quantitative estimate of drug-likeness (QED) is 0.847. The SMILES string of the molecule is CSCCC(O)c1ccc(Br)c(Cl)c1F. The fraction of sp³-hybridized carbons (Fsp3) is 0.400. The van der Waals surface area contributed by atoms with E-state index in [1.165, 1.54) is 0 Å². The Morgan fingerprint density at radius 1 is 1.60 bits per heavy atom. The van der Waals surface area contributed by atoms with Crippen LogP contribution in [-0.4, -0.2) is 17.1 Å². The molecule has 84 valence electrons. The summed E-state index contributed by atoms with van der Waals surface area (Å²) in [7, 11) is 0. The Labute approximate surface area is 106 Å². The summed E-state index contributed by atoms with van der Waals surface area (Å²) in [6.45, 7) is 0. The van der Waals surface area contributed by atoms with Crippen molar-refractivity contribution in [3.05, 3.63) is 33.0 Å². The third-order valence-electron chi connectivity index (χ3n) is 2.02. The van der Waals surface area contributed by atoms with Gasteiger partial charge in [0.2, 0.25) is 0 Å². The van der Waals surface area contributed by atoms with Gasteiger partial charge in [-0.25, -0.2) is 4.39 Å². The van der Waals surface area contributed by atoms with E-state index in [0.717, 1.165) is 5.75 Å². The van der Waals surface area contributed by atoms with Gasteiger partial charge in [0.25, 0.3) is 0 Å². The van der Waals surface area contributed by atoms with Crippen LogP contribution < -0.4 is 0 Å². The molecule has 0 heterocycles. The summed E-state index contributed by atoms with van der Waals surface area (Å²) < 4.78 is 14.1. The number of hydrogen-bond acceptors (Lipinski definition) is 2. The van der Waals surface area contributed by atoms with Crippen LogP contribution in [0.4, 0.5) is 4.39 Å². The molecule has 0 spiro atoms. The van der Waals surface area contributed by atoms with Gasteiger partial charge in [-0.3, -0.25) is 0 Å². The van der Waals surface area contributed by atoms with E-state index >= 15 is 0 Å². The summed E-state index contributed by atoms with van der Waals surface area (Å²) in [5.74, 6) is 0.244. The van der Waals surface area contributed by atoms with Crippen LogP contribution in [0.25, 0.3) is 0 Å². The molecule has 0 fully saturated rings. The van der Waals surface area contributed by atoms with Crippen LogP contribution in [0.15, 0.2) is 16.6 Å². The highest BCUT2D eigenvalue weighted by molar-refractivity contribution is 9.10. The zero-order valence-electron chi connectivity index (χ0n) is 8.14. The Hall–Kier alpha value is 0.230. The predicted octanol–water partition coefficient (Wildman–Crippen LogP) is 4.03. The van der Waals surface area contributed by atoms with Crippen LogP contribution in [0.2, 0.25) is 5.02 Å². The van der Waals surface area contributed by atoms with Gasteiger partial charge in [-0.2, -0.15) is 11.8 Å². The minimum Gasteiger partial charge on any atom is -0.388 e. The normalized spacial score (nSPS) is 12.9. The van der Waals surface area contributed by atoms with E-state index < -0.39 is 11.9 Å². The summed E-state index contributed by atoms with van der Waals surface area (Å²) in [6, 6.07) is 3.19. The lowest BCUT2D eigenvalue weighted by atomic mass is 10.1. The molecule has 0 aliphatic rings. The summed E-state index contributed by atoms with van der Waals surface area (Å²) in [4.78, 5) is 0. The first kappa shape index (κ1) is 13.3. The lowest BCUT2D eigenvalue weighted by molar-refractivity contribution is 0.170. The Kier molecular flexibility index (Phi) is 5.39. The van der Waals surface area contributed by atoms with Gasteiger partial charge in [0.05, 0.1) is 11.1 Å². The number of thioether (sulfide) groups is 1. The van der Waals surface area contributed by atoms with Gasteiger partial charge in [-0.1, -0.05) is 17.7 Å². The van der Waals surface area contributed by atoms with Crippen LogP contribution in [0.3, 0.4) is 0 Å². The van der Waals surface area contributed by atoms with Crippen molar-refractivity contribution in [1.82, 2.24) is 0 Å². The summed E-state index contributed by atoms with van der Waals surface area (Å²) in [6.07, 6.45) is 1.68. The molecule has 0 aliphatic carbocycles. The van der Waals surface area contributed by atoms with Crippen molar-refractivity contribution in [1.29, 1.82) is 0 Å². The Balaban J connectivity index is 2.90. The molecule has 15 heavy (non-hydrogen) atoms. The molecule has 1 unspecified atom stereocenters. The van der Waals surface area contributed by atoms with Gasteiger partial charge in [-0.05, 0) is 40.4 Å². The van der Waals surface area contributed by atoms with Gasteiger partial charge in [0.15, 0.2) is 0 Å². The third kappa shape index (κ3) is 3.34. The van der Waals surface area contributed by atoms with Crippen LogP contribution >= 0.6 is 39.3 Å². The minimum absolute atomic E-state index is 0.0238. The molecule has 0 bridgehead atoms. The van der Waals surface area contributed by atoms with Gasteiger partial charge in [0, 0.05) is 10.0 Å². The van der Waals surface area contributed by atoms with E-state index in [-0.39, 0.29) is 10.6 Å². The Bertz CT molecular complexity index is 348. The largest absolute Gasteiger partial charge is 0.388 e. The Morgan fingerprint density at radius 2 is 2.27 bits per heavy atom. The number of rotatable bonds is 4. The van der Waals surface area contributed by atoms with Crippen molar-refractivity contribution in [3.8, 4) is 0 Å². The van der Waals surface area contributed by atoms with E-state index in [2.05, 4.69) is 15.9 Å². The van der Waals surface area contributed by atoms with Gasteiger partial charge in [0.1, 0.15) is 5.82 Å². The fourth-order valence-corrected chi connectivity index (χ4v) is 2.12. The van der Waals surface area contributed by atoms with Crippen molar-refractivity contribution < 1.29 is 9.50 Å². The maximum Gasteiger partial charge on any atom is 0.148 e. The molecule has 0 aliphatic heterocycles. The molecule has 1 aromatic rings. The topological polar surface area (TPSA) is 20.2 Å². The standard InChI is InChI=1S/C10H11BrClFOS/c1-15-5-4-8(14)6-2-3-7(11)9(12)10(6)13/h2-3,8,14H,4-5H2,1H3. The van der Waals surface area contributed by atoms with Gasteiger partial charge >= 0.3 is 0 Å². The van der Waals surface area contributed by atoms with E-state index in [9.17, 15) is 9.50 Å². The monoisotopic (exact) mass is 312 g/mol.